The second-order valence-corrected chi connectivity index (χ2v) is 8.48. The van der Waals surface area contributed by atoms with Crippen molar-refractivity contribution in [2.45, 2.75) is 76.9 Å². The van der Waals surface area contributed by atoms with E-state index in [-0.39, 0.29) is 35.9 Å². The highest BCUT2D eigenvalue weighted by Gasteiger charge is 2.42. The number of hydrogen-bond donors (Lipinski definition) is 3. The number of ketones is 1. The minimum atomic E-state index is -0.929. The van der Waals surface area contributed by atoms with Crippen molar-refractivity contribution in [1.82, 2.24) is 0 Å². The largest absolute Gasteiger partial charge is 0.481 e. The minimum Gasteiger partial charge on any atom is -0.481 e. The van der Waals surface area contributed by atoms with E-state index in [0.29, 0.717) is 12.8 Å². The number of carbonyl (C=O) groups is 2. The first-order chi connectivity index (χ1) is 12.7. The Labute approximate surface area is 162 Å². The molecule has 2 saturated carbocycles. The number of carboxylic acids is 1. The van der Waals surface area contributed by atoms with Gasteiger partial charge in [0, 0.05) is 18.3 Å². The Morgan fingerprint density at radius 2 is 1.96 bits per heavy atom. The molecule has 0 saturated heterocycles. The Morgan fingerprint density at radius 1 is 1.26 bits per heavy atom. The fraction of sp³-hybridized carbons (Fsp3) is 0.727. The van der Waals surface area contributed by atoms with E-state index in [4.69, 9.17) is 5.11 Å². The molecule has 0 radical (unpaired) electrons. The number of allylic oxidation sites excluding steroid dienone is 3. The van der Waals surface area contributed by atoms with Crippen LogP contribution in [0.1, 0.15) is 65.2 Å². The second kappa shape index (κ2) is 9.65. The van der Waals surface area contributed by atoms with Gasteiger partial charge in [-0.05, 0) is 38.5 Å². The van der Waals surface area contributed by atoms with Gasteiger partial charge in [-0.25, -0.2) is 0 Å². The van der Waals surface area contributed by atoms with Crippen molar-refractivity contribution < 1.29 is 24.9 Å². The van der Waals surface area contributed by atoms with Gasteiger partial charge in [-0.1, -0.05) is 50.5 Å². The summed E-state index contributed by atoms with van der Waals surface area (Å²) in [7, 11) is 0. The summed E-state index contributed by atoms with van der Waals surface area (Å²) in [6.07, 6.45) is 12.8. The van der Waals surface area contributed by atoms with Crippen LogP contribution in [0.4, 0.5) is 0 Å². The molecule has 0 amide bonds. The number of aliphatic carboxylic acids is 1. The van der Waals surface area contributed by atoms with E-state index in [1.54, 1.807) is 19.1 Å². The van der Waals surface area contributed by atoms with Gasteiger partial charge in [-0.15, -0.1) is 0 Å². The average molecular weight is 379 g/mol. The van der Waals surface area contributed by atoms with Crippen LogP contribution in [0.5, 0.6) is 0 Å². The lowest BCUT2D eigenvalue weighted by molar-refractivity contribution is -0.138. The maximum atomic E-state index is 12.3. The molecule has 27 heavy (non-hydrogen) atoms. The predicted molar refractivity (Wildman–Crippen MR) is 104 cm³/mol. The molecule has 5 nitrogen and oxygen atoms in total. The van der Waals surface area contributed by atoms with Crippen LogP contribution in [0.15, 0.2) is 24.3 Å². The fourth-order valence-corrected chi connectivity index (χ4v) is 3.99. The molecule has 2 rings (SSSR count). The summed E-state index contributed by atoms with van der Waals surface area (Å²) in [4.78, 5) is 23.1. The zero-order valence-electron chi connectivity index (χ0n) is 16.5. The van der Waals surface area contributed by atoms with Crippen molar-refractivity contribution in [3.8, 4) is 0 Å². The monoisotopic (exact) mass is 378 g/mol. The van der Waals surface area contributed by atoms with Crippen LogP contribution in [-0.4, -0.2) is 38.8 Å². The molecule has 6 atom stereocenters. The van der Waals surface area contributed by atoms with Gasteiger partial charge >= 0.3 is 5.97 Å². The van der Waals surface area contributed by atoms with Crippen LogP contribution in [0.25, 0.3) is 0 Å². The molecule has 0 aromatic rings. The summed E-state index contributed by atoms with van der Waals surface area (Å²) >= 11 is 0. The topological polar surface area (TPSA) is 94.8 Å². The van der Waals surface area contributed by atoms with Gasteiger partial charge in [0.2, 0.25) is 0 Å². The van der Waals surface area contributed by atoms with Gasteiger partial charge in [-0.3, -0.25) is 9.59 Å². The molecule has 0 heterocycles. The lowest BCUT2D eigenvalue weighted by Crippen LogP contribution is -2.23. The normalized spacial score (nSPS) is 33.0. The molecule has 0 unspecified atom stereocenters. The van der Waals surface area contributed by atoms with Gasteiger partial charge in [-0.2, -0.15) is 0 Å². The number of carboxylic acid groups (broad SMARTS) is 1. The number of unbranched alkanes of at least 4 members (excludes halogenated alkanes) is 2. The molecule has 5 heteroatoms. The zero-order chi connectivity index (χ0) is 20.0. The first kappa shape index (κ1) is 21.8. The Morgan fingerprint density at radius 3 is 2.59 bits per heavy atom. The third-order valence-corrected chi connectivity index (χ3v) is 5.94. The number of aliphatic hydroxyl groups excluding tert-OH is 1. The number of rotatable bonds is 11. The van der Waals surface area contributed by atoms with Crippen LogP contribution in [0, 0.1) is 23.7 Å². The van der Waals surface area contributed by atoms with Gasteiger partial charge in [0.15, 0.2) is 0 Å². The molecular formula is C22H34O5. The molecule has 152 valence electrons. The van der Waals surface area contributed by atoms with Crippen molar-refractivity contribution >= 4 is 11.8 Å². The molecule has 2 fully saturated rings. The summed E-state index contributed by atoms with van der Waals surface area (Å²) in [5.41, 5.74) is -0.929. The fourth-order valence-electron chi connectivity index (χ4n) is 3.99. The van der Waals surface area contributed by atoms with Crippen molar-refractivity contribution in [3.05, 3.63) is 24.3 Å². The summed E-state index contributed by atoms with van der Waals surface area (Å²) in [6.45, 7) is 3.88. The smallest absolute Gasteiger partial charge is 0.306 e. The van der Waals surface area contributed by atoms with Crippen LogP contribution >= 0.6 is 0 Å². The minimum absolute atomic E-state index is 0.0228. The summed E-state index contributed by atoms with van der Waals surface area (Å²) in [6, 6.07) is 0. The lowest BCUT2D eigenvalue weighted by Gasteiger charge is -2.21. The Hall–Kier alpha value is -1.46. The van der Waals surface area contributed by atoms with Gasteiger partial charge < -0.3 is 15.3 Å². The number of hydrogen-bond acceptors (Lipinski definition) is 4. The summed E-state index contributed by atoms with van der Waals surface area (Å²) < 4.78 is 0. The maximum Gasteiger partial charge on any atom is 0.306 e. The first-order valence-corrected chi connectivity index (χ1v) is 10.3. The molecule has 0 aromatic heterocycles. The lowest BCUT2D eigenvalue weighted by atomic mass is 9.88. The van der Waals surface area contributed by atoms with E-state index in [1.807, 2.05) is 12.2 Å². The zero-order valence-corrected chi connectivity index (χ0v) is 16.5. The number of Topliss-reactive ketones (excluding diaryl/α,β-unsaturated/α-hetero) is 1. The SMILES string of the molecule is CCCCC[C@@](C)(O)/C=C/[C@H]1C(=O)C[C@H](O)[C@@H]1C/C=C\C[C@@H]1C[C@H]1C(=O)O. The van der Waals surface area contributed by atoms with Crippen molar-refractivity contribution in [3.63, 3.8) is 0 Å². The van der Waals surface area contributed by atoms with Crippen molar-refractivity contribution in [2.75, 3.05) is 0 Å². The third-order valence-electron chi connectivity index (χ3n) is 5.94. The highest BCUT2D eigenvalue weighted by Crippen LogP contribution is 2.41. The summed E-state index contributed by atoms with van der Waals surface area (Å²) in [5, 5.41) is 29.6. The van der Waals surface area contributed by atoms with Gasteiger partial charge in [0.25, 0.3) is 0 Å². The third kappa shape index (κ3) is 6.58. The van der Waals surface area contributed by atoms with Gasteiger partial charge in [0.05, 0.1) is 17.6 Å². The van der Waals surface area contributed by atoms with E-state index in [2.05, 4.69) is 6.92 Å². The first-order valence-electron chi connectivity index (χ1n) is 10.3. The highest BCUT2D eigenvalue weighted by atomic mass is 16.4. The predicted octanol–water partition coefficient (Wildman–Crippen LogP) is 3.50. The van der Waals surface area contributed by atoms with Crippen LogP contribution in [0.2, 0.25) is 0 Å². The van der Waals surface area contributed by atoms with E-state index in [9.17, 15) is 19.8 Å². The van der Waals surface area contributed by atoms with Gasteiger partial charge in [0.1, 0.15) is 5.78 Å². The molecule has 0 spiro atoms. The molecule has 0 aliphatic heterocycles. The quantitative estimate of drug-likeness (QED) is 0.378. The average Bonchev–Trinajstić information content (AvgIpc) is 3.31. The summed E-state index contributed by atoms with van der Waals surface area (Å²) in [5.74, 6) is -1.22. The van der Waals surface area contributed by atoms with Crippen LogP contribution in [0.3, 0.4) is 0 Å². The second-order valence-electron chi connectivity index (χ2n) is 8.48. The van der Waals surface area contributed by atoms with Crippen molar-refractivity contribution in [1.29, 1.82) is 0 Å². The molecular weight excluding hydrogens is 344 g/mol. The Kier molecular flexibility index (Phi) is 7.80. The molecule has 0 bridgehead atoms. The Bertz CT molecular complexity index is 577. The van der Waals surface area contributed by atoms with E-state index >= 15 is 0 Å². The van der Waals surface area contributed by atoms with Crippen molar-refractivity contribution in [2.24, 2.45) is 23.7 Å². The van der Waals surface area contributed by atoms with Crippen LogP contribution < -0.4 is 0 Å². The number of carbonyl (C=O) groups excluding carboxylic acids is 1. The molecule has 2 aliphatic rings. The highest BCUT2D eigenvalue weighted by molar-refractivity contribution is 5.86. The van der Waals surface area contributed by atoms with Crippen LogP contribution in [-0.2, 0) is 9.59 Å². The standard InChI is InChI=1S/C22H34O5/c1-3-4-7-11-22(2,27)12-10-17-16(19(23)14-20(17)24)9-6-5-8-15-13-18(15)21(25)26/h5-6,10,12,15-19,23,27H,3-4,7-9,11,13-14H2,1-2H3,(H,25,26)/b6-5-,12-10+/t15-,16-,17-,18-,19+,22-/m1/s1. The molecule has 0 aromatic carbocycles. The molecule has 3 N–H and O–H groups in total. The maximum absolute atomic E-state index is 12.3. The van der Waals surface area contributed by atoms with E-state index in [0.717, 1.165) is 32.1 Å². The Balaban J connectivity index is 1.87. The van der Waals surface area contributed by atoms with E-state index in [1.165, 1.54) is 0 Å². The van der Waals surface area contributed by atoms with E-state index < -0.39 is 17.7 Å². The molecule has 2 aliphatic carbocycles. The number of aliphatic hydroxyl groups is 2.